The topological polar surface area (TPSA) is 35.0 Å². The smallest absolute Gasteiger partial charge is 0.317 e. The fourth-order valence-electron chi connectivity index (χ4n) is 0.594. The first kappa shape index (κ1) is 9.19. The molecule has 0 aromatic carbocycles. The van der Waals surface area contributed by atoms with Gasteiger partial charge in [0.15, 0.2) is 11.0 Å². The van der Waals surface area contributed by atoms with Crippen LogP contribution in [0.5, 0.6) is 6.01 Å². The summed E-state index contributed by atoms with van der Waals surface area (Å²) in [6.45, 7) is 2.45. The molecule has 3 nitrogen and oxygen atoms in total. The largest absolute Gasteiger partial charge is 0.463 e. The van der Waals surface area contributed by atoms with E-state index in [-0.39, 0.29) is 11.2 Å². The first-order valence-electron chi connectivity index (χ1n) is 3.55. The highest BCUT2D eigenvalue weighted by molar-refractivity contribution is 6.29. The summed E-state index contributed by atoms with van der Waals surface area (Å²) in [6, 6.07) is 0.114. The molecule has 0 aliphatic carbocycles. The van der Waals surface area contributed by atoms with Crippen LogP contribution >= 0.6 is 11.6 Å². The van der Waals surface area contributed by atoms with Gasteiger partial charge in [-0.2, -0.15) is 4.98 Å². The van der Waals surface area contributed by atoms with Crippen LogP contribution in [0.25, 0.3) is 0 Å². The molecule has 0 unspecified atom stereocenters. The number of hydrogen-bond acceptors (Lipinski definition) is 3. The van der Waals surface area contributed by atoms with Gasteiger partial charge >= 0.3 is 6.01 Å². The number of nitrogens with zero attached hydrogens (tertiary/aromatic N) is 2. The molecular weight excluding hydrogens is 183 g/mol. The van der Waals surface area contributed by atoms with E-state index in [1.54, 1.807) is 0 Å². The molecule has 5 heteroatoms. The van der Waals surface area contributed by atoms with Gasteiger partial charge in [0.1, 0.15) is 0 Å². The van der Waals surface area contributed by atoms with Crippen LogP contribution in [0.1, 0.15) is 13.3 Å². The van der Waals surface area contributed by atoms with Crippen molar-refractivity contribution in [1.29, 1.82) is 0 Å². The van der Waals surface area contributed by atoms with Crippen molar-refractivity contribution in [2.24, 2.45) is 0 Å². The van der Waals surface area contributed by atoms with Crippen molar-refractivity contribution >= 4 is 11.6 Å². The molecule has 1 aromatic heterocycles. The fourth-order valence-corrected chi connectivity index (χ4v) is 0.715. The number of halogens is 2. The standard InChI is InChI=1S/C7H8ClFN2O/c1-2-3-12-7-10-4-5(9)6(8)11-7/h4H,2-3H2,1H3. The maximum atomic E-state index is 12.5. The second-order valence-corrected chi connectivity index (χ2v) is 2.50. The van der Waals surface area contributed by atoms with E-state index in [0.717, 1.165) is 12.6 Å². The van der Waals surface area contributed by atoms with Crippen LogP contribution < -0.4 is 4.74 Å². The average Bonchev–Trinajstić information content (AvgIpc) is 2.07. The maximum Gasteiger partial charge on any atom is 0.317 e. The summed E-state index contributed by atoms with van der Waals surface area (Å²) in [5, 5.41) is -0.212. The summed E-state index contributed by atoms with van der Waals surface area (Å²) in [5.41, 5.74) is 0. The Morgan fingerprint density at radius 2 is 2.42 bits per heavy atom. The summed E-state index contributed by atoms with van der Waals surface area (Å²) in [6.07, 6.45) is 1.83. The van der Waals surface area contributed by atoms with Crippen molar-refractivity contribution in [1.82, 2.24) is 9.97 Å². The molecule has 0 radical (unpaired) electrons. The van der Waals surface area contributed by atoms with Crippen molar-refractivity contribution in [3.8, 4) is 6.01 Å². The molecule has 0 saturated carbocycles. The van der Waals surface area contributed by atoms with Gasteiger partial charge in [-0.05, 0) is 6.42 Å². The Hall–Kier alpha value is -0.900. The number of aromatic nitrogens is 2. The van der Waals surface area contributed by atoms with Crippen molar-refractivity contribution in [2.75, 3.05) is 6.61 Å². The Bertz CT molecular complexity index is 270. The van der Waals surface area contributed by atoms with Crippen LogP contribution in [-0.2, 0) is 0 Å². The third-order valence-corrected chi connectivity index (χ3v) is 1.38. The zero-order chi connectivity index (χ0) is 8.97. The minimum Gasteiger partial charge on any atom is -0.463 e. The lowest BCUT2D eigenvalue weighted by molar-refractivity contribution is 0.291. The molecule has 0 fully saturated rings. The molecule has 1 rings (SSSR count). The van der Waals surface area contributed by atoms with Crippen LogP contribution in [0.4, 0.5) is 4.39 Å². The summed E-state index contributed by atoms with van der Waals surface area (Å²) < 4.78 is 17.5. The number of hydrogen-bond donors (Lipinski definition) is 0. The lowest BCUT2D eigenvalue weighted by atomic mass is 10.5. The van der Waals surface area contributed by atoms with E-state index in [9.17, 15) is 4.39 Å². The first-order chi connectivity index (χ1) is 5.74. The Morgan fingerprint density at radius 3 is 3.00 bits per heavy atom. The molecule has 1 aromatic rings. The molecule has 66 valence electrons. The minimum atomic E-state index is -0.638. The van der Waals surface area contributed by atoms with Gasteiger partial charge in [0.05, 0.1) is 12.8 Å². The molecule has 0 N–H and O–H groups in total. The van der Waals surface area contributed by atoms with Crippen LogP contribution in [0, 0.1) is 5.82 Å². The molecule has 0 bridgehead atoms. The van der Waals surface area contributed by atoms with E-state index in [0.29, 0.717) is 6.61 Å². The molecular formula is C7H8ClFN2O. The second kappa shape index (κ2) is 4.21. The van der Waals surface area contributed by atoms with Crippen LogP contribution in [0.2, 0.25) is 5.15 Å². The summed E-state index contributed by atoms with van der Waals surface area (Å²) in [7, 11) is 0. The van der Waals surface area contributed by atoms with Gasteiger partial charge in [-0.3, -0.25) is 0 Å². The normalized spacial score (nSPS) is 9.92. The van der Waals surface area contributed by atoms with E-state index >= 15 is 0 Å². The SMILES string of the molecule is CCCOc1ncc(F)c(Cl)n1. The van der Waals surface area contributed by atoms with Crippen LogP contribution in [0.3, 0.4) is 0 Å². The van der Waals surface area contributed by atoms with Gasteiger partial charge in [-0.15, -0.1) is 0 Å². The quantitative estimate of drug-likeness (QED) is 0.685. The zero-order valence-corrected chi connectivity index (χ0v) is 7.31. The lowest BCUT2D eigenvalue weighted by Gasteiger charge is -2.01. The predicted octanol–water partition coefficient (Wildman–Crippen LogP) is 2.06. The van der Waals surface area contributed by atoms with Gasteiger partial charge < -0.3 is 4.74 Å². The zero-order valence-electron chi connectivity index (χ0n) is 6.55. The van der Waals surface area contributed by atoms with Crippen molar-refractivity contribution < 1.29 is 9.13 Å². The third-order valence-electron chi connectivity index (χ3n) is 1.11. The van der Waals surface area contributed by atoms with E-state index in [1.165, 1.54) is 0 Å². The Morgan fingerprint density at radius 1 is 1.67 bits per heavy atom. The molecule has 0 saturated heterocycles. The molecule has 0 aliphatic rings. The van der Waals surface area contributed by atoms with Crippen molar-refractivity contribution in [3.05, 3.63) is 17.2 Å². The fraction of sp³-hybridized carbons (Fsp3) is 0.429. The second-order valence-electron chi connectivity index (χ2n) is 2.14. The van der Waals surface area contributed by atoms with Gasteiger partial charge in [-0.1, -0.05) is 18.5 Å². The molecule has 0 amide bonds. The van der Waals surface area contributed by atoms with Gasteiger partial charge in [0.25, 0.3) is 0 Å². The third kappa shape index (κ3) is 2.30. The Labute approximate surface area is 74.5 Å². The number of rotatable bonds is 3. The summed E-state index contributed by atoms with van der Waals surface area (Å²) in [4.78, 5) is 7.15. The predicted molar refractivity (Wildman–Crippen MR) is 42.8 cm³/mol. The number of ether oxygens (including phenoxy) is 1. The summed E-state index contributed by atoms with van der Waals surface area (Å²) in [5.74, 6) is -0.638. The van der Waals surface area contributed by atoms with Crippen LogP contribution in [0.15, 0.2) is 6.20 Å². The molecule has 0 aliphatic heterocycles. The minimum absolute atomic E-state index is 0.114. The van der Waals surface area contributed by atoms with Gasteiger partial charge in [0, 0.05) is 0 Å². The van der Waals surface area contributed by atoms with Gasteiger partial charge in [0.2, 0.25) is 0 Å². The Kier molecular flexibility index (Phi) is 3.22. The molecule has 1 heterocycles. The lowest BCUT2D eigenvalue weighted by Crippen LogP contribution is -2.00. The average molecular weight is 191 g/mol. The highest BCUT2D eigenvalue weighted by Gasteiger charge is 2.03. The van der Waals surface area contributed by atoms with Crippen LogP contribution in [-0.4, -0.2) is 16.6 Å². The van der Waals surface area contributed by atoms with E-state index < -0.39 is 5.82 Å². The van der Waals surface area contributed by atoms with E-state index in [2.05, 4.69) is 9.97 Å². The molecule has 0 atom stereocenters. The van der Waals surface area contributed by atoms with Crippen molar-refractivity contribution in [2.45, 2.75) is 13.3 Å². The van der Waals surface area contributed by atoms with E-state index in [4.69, 9.17) is 16.3 Å². The highest BCUT2D eigenvalue weighted by atomic mass is 35.5. The first-order valence-corrected chi connectivity index (χ1v) is 3.92. The summed E-state index contributed by atoms with van der Waals surface area (Å²) >= 11 is 5.39. The maximum absolute atomic E-state index is 12.5. The molecule has 12 heavy (non-hydrogen) atoms. The highest BCUT2D eigenvalue weighted by Crippen LogP contribution is 2.12. The monoisotopic (exact) mass is 190 g/mol. The van der Waals surface area contributed by atoms with Gasteiger partial charge in [-0.25, -0.2) is 9.37 Å². The van der Waals surface area contributed by atoms with Crippen molar-refractivity contribution in [3.63, 3.8) is 0 Å². The molecule has 0 spiro atoms. The van der Waals surface area contributed by atoms with E-state index in [1.807, 2.05) is 6.92 Å². The Balaban J connectivity index is 2.69.